The smallest absolute Gasteiger partial charge is 0.0743 e. The molecule has 1 unspecified atom stereocenters. The van der Waals surface area contributed by atoms with Crippen LogP contribution in [0.1, 0.15) is 33.1 Å². The van der Waals surface area contributed by atoms with Crippen molar-refractivity contribution in [3.8, 4) is 0 Å². The SMILES string of the molecule is CC1(C)CCCC1Nc1c(N)cnc2ccccc12. The van der Waals surface area contributed by atoms with Crippen LogP contribution in [0.3, 0.4) is 0 Å². The van der Waals surface area contributed by atoms with E-state index in [1.165, 1.54) is 19.3 Å². The molecule has 1 aliphatic carbocycles. The topological polar surface area (TPSA) is 50.9 Å². The van der Waals surface area contributed by atoms with E-state index in [1.54, 1.807) is 6.20 Å². The molecule has 0 bridgehead atoms. The fourth-order valence-electron chi connectivity index (χ4n) is 3.09. The predicted molar refractivity (Wildman–Crippen MR) is 81.2 cm³/mol. The van der Waals surface area contributed by atoms with Crippen LogP contribution >= 0.6 is 0 Å². The van der Waals surface area contributed by atoms with Crippen LogP contribution in [0.5, 0.6) is 0 Å². The Balaban J connectivity index is 2.03. The third-order valence-corrected chi connectivity index (χ3v) is 4.38. The summed E-state index contributed by atoms with van der Waals surface area (Å²) in [5, 5.41) is 4.79. The van der Waals surface area contributed by atoms with E-state index in [9.17, 15) is 0 Å². The fourth-order valence-corrected chi connectivity index (χ4v) is 3.09. The Morgan fingerprint density at radius 1 is 1.32 bits per heavy atom. The minimum absolute atomic E-state index is 0.330. The highest BCUT2D eigenvalue weighted by atomic mass is 15.0. The van der Waals surface area contributed by atoms with E-state index in [-0.39, 0.29) is 0 Å². The Kier molecular flexibility index (Phi) is 2.85. The van der Waals surface area contributed by atoms with Crippen molar-refractivity contribution in [1.82, 2.24) is 4.98 Å². The van der Waals surface area contributed by atoms with Crippen molar-refractivity contribution in [2.45, 2.75) is 39.2 Å². The van der Waals surface area contributed by atoms with Gasteiger partial charge in [-0.25, -0.2) is 0 Å². The normalized spacial score (nSPS) is 21.7. The number of hydrogen-bond acceptors (Lipinski definition) is 3. The van der Waals surface area contributed by atoms with Gasteiger partial charge >= 0.3 is 0 Å². The van der Waals surface area contributed by atoms with E-state index in [0.717, 1.165) is 22.3 Å². The fraction of sp³-hybridized carbons (Fsp3) is 0.438. The second-order valence-corrected chi connectivity index (χ2v) is 6.18. The van der Waals surface area contributed by atoms with Gasteiger partial charge in [-0.2, -0.15) is 0 Å². The van der Waals surface area contributed by atoms with Crippen LogP contribution in [0, 0.1) is 5.41 Å². The molecule has 1 aliphatic rings. The lowest BCUT2D eigenvalue weighted by Gasteiger charge is -2.29. The van der Waals surface area contributed by atoms with Gasteiger partial charge in [-0.3, -0.25) is 4.98 Å². The Morgan fingerprint density at radius 2 is 2.11 bits per heavy atom. The van der Waals surface area contributed by atoms with Gasteiger partial charge in [0.25, 0.3) is 0 Å². The number of pyridine rings is 1. The maximum atomic E-state index is 6.13. The first-order valence-corrected chi connectivity index (χ1v) is 6.98. The van der Waals surface area contributed by atoms with Crippen molar-refractivity contribution in [2.75, 3.05) is 11.1 Å². The Morgan fingerprint density at radius 3 is 2.84 bits per heavy atom. The molecular formula is C16H21N3. The van der Waals surface area contributed by atoms with E-state index in [0.29, 0.717) is 11.5 Å². The lowest BCUT2D eigenvalue weighted by atomic mass is 9.87. The molecular weight excluding hydrogens is 234 g/mol. The van der Waals surface area contributed by atoms with E-state index < -0.39 is 0 Å². The summed E-state index contributed by atoms with van der Waals surface area (Å²) in [5.74, 6) is 0. The zero-order valence-electron chi connectivity index (χ0n) is 11.6. The van der Waals surface area contributed by atoms with Gasteiger partial charge in [0, 0.05) is 11.4 Å². The van der Waals surface area contributed by atoms with Gasteiger partial charge in [-0.15, -0.1) is 0 Å². The summed E-state index contributed by atoms with van der Waals surface area (Å²) in [6.07, 6.45) is 5.52. The molecule has 3 heteroatoms. The number of aromatic nitrogens is 1. The van der Waals surface area contributed by atoms with E-state index >= 15 is 0 Å². The van der Waals surface area contributed by atoms with E-state index in [2.05, 4.69) is 30.2 Å². The van der Waals surface area contributed by atoms with Gasteiger partial charge in [-0.05, 0) is 24.3 Å². The van der Waals surface area contributed by atoms with Crippen molar-refractivity contribution < 1.29 is 0 Å². The molecule has 1 atom stereocenters. The van der Waals surface area contributed by atoms with Crippen LogP contribution in [-0.2, 0) is 0 Å². The molecule has 3 nitrogen and oxygen atoms in total. The van der Waals surface area contributed by atoms with Gasteiger partial charge < -0.3 is 11.1 Å². The highest BCUT2D eigenvalue weighted by Gasteiger charge is 2.34. The average molecular weight is 255 g/mol. The Labute approximate surface area is 114 Å². The number of hydrogen-bond donors (Lipinski definition) is 2. The number of rotatable bonds is 2. The van der Waals surface area contributed by atoms with Crippen LogP contribution in [0.4, 0.5) is 11.4 Å². The molecule has 2 aromatic rings. The number of nitrogens with zero attached hydrogens (tertiary/aromatic N) is 1. The maximum absolute atomic E-state index is 6.13. The summed E-state index contributed by atoms with van der Waals surface area (Å²) in [7, 11) is 0. The second kappa shape index (κ2) is 4.41. The third kappa shape index (κ3) is 2.14. The zero-order chi connectivity index (χ0) is 13.5. The predicted octanol–water partition coefficient (Wildman–Crippen LogP) is 3.81. The number of fused-ring (bicyclic) bond motifs is 1. The van der Waals surface area contributed by atoms with Crippen molar-refractivity contribution in [1.29, 1.82) is 0 Å². The second-order valence-electron chi connectivity index (χ2n) is 6.18. The van der Waals surface area contributed by atoms with Gasteiger partial charge in [0.15, 0.2) is 0 Å². The number of benzene rings is 1. The molecule has 0 spiro atoms. The molecule has 0 radical (unpaired) electrons. The molecule has 1 fully saturated rings. The van der Waals surface area contributed by atoms with Crippen molar-refractivity contribution in [3.63, 3.8) is 0 Å². The zero-order valence-corrected chi connectivity index (χ0v) is 11.6. The van der Waals surface area contributed by atoms with Gasteiger partial charge in [0.05, 0.1) is 23.1 Å². The van der Waals surface area contributed by atoms with Crippen LogP contribution in [0.15, 0.2) is 30.5 Å². The highest BCUT2D eigenvalue weighted by molar-refractivity contribution is 5.97. The summed E-state index contributed by atoms with van der Waals surface area (Å²) < 4.78 is 0. The number of nitrogen functional groups attached to an aromatic ring is 1. The van der Waals surface area contributed by atoms with Crippen LogP contribution in [-0.4, -0.2) is 11.0 Å². The Bertz CT molecular complexity index is 604. The molecule has 100 valence electrons. The van der Waals surface area contributed by atoms with E-state index in [4.69, 9.17) is 5.73 Å². The van der Waals surface area contributed by atoms with E-state index in [1.807, 2.05) is 18.2 Å². The average Bonchev–Trinajstić information content (AvgIpc) is 2.72. The molecule has 3 rings (SSSR count). The standard InChI is InChI=1S/C16H21N3/c1-16(2)9-5-8-14(16)19-15-11-6-3-4-7-13(11)18-10-12(15)17/h3-4,6-7,10,14H,5,8-9,17H2,1-2H3,(H,18,19). The summed E-state index contributed by atoms with van der Waals surface area (Å²) >= 11 is 0. The lowest BCUT2D eigenvalue weighted by Crippen LogP contribution is -2.31. The van der Waals surface area contributed by atoms with Crippen molar-refractivity contribution in [2.24, 2.45) is 5.41 Å². The monoisotopic (exact) mass is 255 g/mol. The first kappa shape index (κ1) is 12.3. The molecule has 0 aliphatic heterocycles. The van der Waals surface area contributed by atoms with Crippen LogP contribution < -0.4 is 11.1 Å². The Hall–Kier alpha value is -1.77. The van der Waals surface area contributed by atoms with Crippen LogP contribution in [0.2, 0.25) is 0 Å². The van der Waals surface area contributed by atoms with Crippen LogP contribution in [0.25, 0.3) is 10.9 Å². The van der Waals surface area contributed by atoms with Crippen molar-refractivity contribution >= 4 is 22.3 Å². The number of nitrogens with one attached hydrogen (secondary N) is 1. The minimum atomic E-state index is 0.330. The molecule has 0 amide bonds. The molecule has 1 aromatic heterocycles. The summed E-state index contributed by atoms with van der Waals surface area (Å²) in [6, 6.07) is 8.65. The molecule has 1 aromatic carbocycles. The lowest BCUT2D eigenvalue weighted by molar-refractivity contribution is 0.350. The first-order chi connectivity index (χ1) is 9.08. The van der Waals surface area contributed by atoms with Gasteiger partial charge in [0.1, 0.15) is 0 Å². The summed E-state index contributed by atoms with van der Waals surface area (Å²) in [6.45, 7) is 4.66. The van der Waals surface area contributed by atoms with Crippen molar-refractivity contribution in [3.05, 3.63) is 30.5 Å². The quantitative estimate of drug-likeness (QED) is 0.858. The number of nitrogens with two attached hydrogens (primary N) is 1. The van der Waals surface area contributed by atoms with Gasteiger partial charge in [0.2, 0.25) is 0 Å². The molecule has 3 N–H and O–H groups in total. The first-order valence-electron chi connectivity index (χ1n) is 6.98. The summed E-state index contributed by atoms with van der Waals surface area (Å²) in [5.41, 5.74) is 9.24. The number of para-hydroxylation sites is 1. The number of anilines is 2. The summed E-state index contributed by atoms with van der Waals surface area (Å²) in [4.78, 5) is 4.39. The van der Waals surface area contributed by atoms with Gasteiger partial charge in [-0.1, -0.05) is 38.5 Å². The maximum Gasteiger partial charge on any atom is 0.0743 e. The molecule has 1 heterocycles. The highest BCUT2D eigenvalue weighted by Crippen LogP contribution is 2.40. The molecule has 19 heavy (non-hydrogen) atoms. The minimum Gasteiger partial charge on any atom is -0.396 e. The molecule has 0 saturated heterocycles. The molecule has 1 saturated carbocycles. The third-order valence-electron chi connectivity index (χ3n) is 4.38. The largest absolute Gasteiger partial charge is 0.396 e.